The maximum absolute atomic E-state index is 14.4. The average molecular weight is 591 g/mol. The average Bonchev–Trinajstić information content (AvgIpc) is 3.45. The van der Waals surface area contributed by atoms with Crippen LogP contribution in [0.2, 0.25) is 0 Å². The molecule has 5 rings (SSSR count). The minimum atomic E-state index is -0.774. The van der Waals surface area contributed by atoms with Crippen LogP contribution in [0.3, 0.4) is 0 Å². The normalized spacial score (nSPS) is 14.3. The van der Waals surface area contributed by atoms with Crippen LogP contribution in [0.25, 0.3) is 22.2 Å². The van der Waals surface area contributed by atoms with Crippen LogP contribution in [0.1, 0.15) is 18.5 Å². The van der Waals surface area contributed by atoms with Crippen LogP contribution in [0.5, 0.6) is 11.5 Å². The number of aryl methyl sites for hydroxylation is 1. The number of rotatable bonds is 6. The van der Waals surface area contributed by atoms with Gasteiger partial charge >= 0.3 is 0 Å². The molecule has 0 saturated heterocycles. The Morgan fingerprint density at radius 2 is 1.88 bits per heavy atom. The molecule has 2 heterocycles. The third kappa shape index (κ3) is 4.44. The first-order chi connectivity index (χ1) is 15.9. The van der Waals surface area contributed by atoms with Gasteiger partial charge in [-0.3, -0.25) is 3.97 Å². The third-order valence-electron chi connectivity index (χ3n) is 5.40. The van der Waals surface area contributed by atoms with Gasteiger partial charge in [-0.25, -0.2) is 13.8 Å². The fourth-order valence-electron chi connectivity index (χ4n) is 3.61. The van der Waals surface area contributed by atoms with Crippen LogP contribution < -0.4 is 4.74 Å². The molecule has 33 heavy (non-hydrogen) atoms. The number of fused-ring (bicyclic) bond motifs is 1. The van der Waals surface area contributed by atoms with E-state index < -0.39 is 11.6 Å². The lowest BCUT2D eigenvalue weighted by molar-refractivity contribution is 0.439. The van der Waals surface area contributed by atoms with E-state index in [0.29, 0.717) is 5.75 Å². The Balaban J connectivity index is 1.67. The second-order valence-corrected chi connectivity index (χ2v) is 11.0. The lowest BCUT2D eigenvalue weighted by atomic mass is 10.0. The Morgan fingerprint density at radius 1 is 1.09 bits per heavy atom. The Bertz CT molecular complexity index is 1430. The van der Waals surface area contributed by atoms with Gasteiger partial charge in [-0.2, -0.15) is 5.26 Å². The molecule has 0 unspecified atom stereocenters. The lowest BCUT2D eigenvalue weighted by Gasteiger charge is -2.16. The number of benzene rings is 2. The molecule has 0 radical (unpaired) electrons. The SMILES string of the molecule is Cc1cc(-c2cc(SC3(C#N)CC3)ccc2Oc2ccc(F)cc2F)c2ccn(SI)c2n1. The molecule has 4 nitrogen and oxygen atoms in total. The Hall–Kier alpha value is -2.29. The molecular formula is C24H16F2IN3OS2. The molecule has 0 amide bonds. The number of ether oxygens (including phenoxy) is 1. The molecule has 4 aromatic rings. The van der Waals surface area contributed by atoms with Crippen molar-refractivity contribution in [3.63, 3.8) is 0 Å². The van der Waals surface area contributed by atoms with Gasteiger partial charge in [-0.1, -0.05) is 0 Å². The first-order valence-corrected chi connectivity index (χ1v) is 14.2. The van der Waals surface area contributed by atoms with E-state index in [0.717, 1.165) is 51.7 Å². The molecule has 9 heteroatoms. The number of hydrogen-bond acceptors (Lipinski definition) is 5. The van der Waals surface area contributed by atoms with Crippen molar-refractivity contribution < 1.29 is 13.5 Å². The second kappa shape index (κ2) is 8.81. The van der Waals surface area contributed by atoms with Gasteiger partial charge in [-0.05, 0) is 67.8 Å². The number of nitriles is 1. The zero-order chi connectivity index (χ0) is 23.2. The van der Waals surface area contributed by atoms with Crippen LogP contribution in [0.4, 0.5) is 8.78 Å². The summed E-state index contributed by atoms with van der Waals surface area (Å²) >= 11 is 3.74. The summed E-state index contributed by atoms with van der Waals surface area (Å²) < 4.78 is 35.3. The van der Waals surface area contributed by atoms with Gasteiger partial charge in [0.25, 0.3) is 0 Å². The third-order valence-corrected chi connectivity index (χ3v) is 8.50. The number of aromatic nitrogens is 2. The Morgan fingerprint density at radius 3 is 2.58 bits per heavy atom. The summed E-state index contributed by atoms with van der Waals surface area (Å²) in [6.45, 7) is 1.92. The molecule has 0 spiro atoms. The fourth-order valence-corrected chi connectivity index (χ4v) is 6.00. The minimum Gasteiger partial charge on any atom is -0.454 e. The summed E-state index contributed by atoms with van der Waals surface area (Å²) in [6, 6.07) is 15.2. The molecular weight excluding hydrogens is 575 g/mol. The monoisotopic (exact) mass is 591 g/mol. The highest BCUT2D eigenvalue weighted by atomic mass is 127. The van der Waals surface area contributed by atoms with Crippen molar-refractivity contribution in [2.75, 3.05) is 0 Å². The largest absolute Gasteiger partial charge is 0.454 e. The number of thioether (sulfide) groups is 1. The van der Waals surface area contributed by atoms with Gasteiger partial charge in [0.1, 0.15) is 16.3 Å². The molecule has 2 aromatic heterocycles. The molecule has 166 valence electrons. The van der Waals surface area contributed by atoms with Gasteiger partial charge < -0.3 is 4.74 Å². The summed E-state index contributed by atoms with van der Waals surface area (Å²) in [4.78, 5) is 5.61. The summed E-state index contributed by atoms with van der Waals surface area (Å²) in [7, 11) is 1.52. The molecule has 0 aliphatic heterocycles. The number of pyridine rings is 1. The van der Waals surface area contributed by atoms with Crippen LogP contribution >= 0.6 is 42.1 Å². The molecule has 0 bridgehead atoms. The van der Waals surface area contributed by atoms with Gasteiger partial charge in [0.2, 0.25) is 0 Å². The van der Waals surface area contributed by atoms with Crippen molar-refractivity contribution >= 4 is 53.1 Å². The predicted molar refractivity (Wildman–Crippen MR) is 137 cm³/mol. The number of hydrogen-bond donors (Lipinski definition) is 0. The maximum atomic E-state index is 14.4. The molecule has 1 aliphatic rings. The van der Waals surface area contributed by atoms with Gasteiger partial charge in [0, 0.05) is 64.1 Å². The lowest BCUT2D eigenvalue weighted by Crippen LogP contribution is -1.98. The maximum Gasteiger partial charge on any atom is 0.168 e. The molecule has 0 atom stereocenters. The smallest absolute Gasteiger partial charge is 0.168 e. The number of halogens is 3. The van der Waals surface area contributed by atoms with Crippen LogP contribution in [0.15, 0.2) is 59.6 Å². The van der Waals surface area contributed by atoms with Crippen LogP contribution in [-0.4, -0.2) is 13.7 Å². The molecule has 1 saturated carbocycles. The van der Waals surface area contributed by atoms with Crippen molar-refractivity contribution in [1.82, 2.24) is 8.96 Å². The van der Waals surface area contributed by atoms with E-state index >= 15 is 0 Å². The second-order valence-electron chi connectivity index (χ2n) is 7.80. The van der Waals surface area contributed by atoms with E-state index in [1.807, 2.05) is 41.4 Å². The summed E-state index contributed by atoms with van der Waals surface area (Å²) in [5.74, 6) is -1.06. The first-order valence-electron chi connectivity index (χ1n) is 10.1. The van der Waals surface area contributed by atoms with Crippen molar-refractivity contribution in [3.8, 4) is 28.7 Å². The molecule has 1 fully saturated rings. The summed E-state index contributed by atoms with van der Waals surface area (Å²) in [6.07, 6.45) is 3.67. The molecule has 2 aromatic carbocycles. The van der Waals surface area contributed by atoms with E-state index in [-0.39, 0.29) is 10.5 Å². The Labute approximate surface area is 210 Å². The summed E-state index contributed by atoms with van der Waals surface area (Å²) in [5.41, 5.74) is 3.29. The van der Waals surface area contributed by atoms with E-state index in [1.165, 1.54) is 33.0 Å². The number of nitrogens with zero attached hydrogens (tertiary/aromatic N) is 3. The van der Waals surface area contributed by atoms with Gasteiger partial charge in [0.05, 0.1) is 6.07 Å². The summed E-state index contributed by atoms with van der Waals surface area (Å²) in [5, 5.41) is 10.5. The van der Waals surface area contributed by atoms with Crippen LogP contribution in [0, 0.1) is 29.9 Å². The van der Waals surface area contributed by atoms with Crippen molar-refractivity contribution in [2.45, 2.75) is 29.4 Å². The first kappa shape index (κ1) is 22.5. The fraction of sp³-hybridized carbons (Fsp3) is 0.167. The van der Waals surface area contributed by atoms with Crippen molar-refractivity contribution in [3.05, 3.63) is 72.1 Å². The van der Waals surface area contributed by atoms with Gasteiger partial charge in [0.15, 0.2) is 17.2 Å². The topological polar surface area (TPSA) is 50.8 Å². The van der Waals surface area contributed by atoms with E-state index in [9.17, 15) is 14.0 Å². The quantitative estimate of drug-likeness (QED) is 0.212. The van der Waals surface area contributed by atoms with Crippen molar-refractivity contribution in [1.29, 1.82) is 5.26 Å². The highest BCUT2D eigenvalue weighted by Crippen LogP contribution is 2.52. The highest BCUT2D eigenvalue weighted by Gasteiger charge is 2.44. The molecule has 0 N–H and O–H groups in total. The Kier molecular flexibility index (Phi) is 6.01. The van der Waals surface area contributed by atoms with Crippen molar-refractivity contribution in [2.24, 2.45) is 0 Å². The van der Waals surface area contributed by atoms with E-state index in [1.54, 1.807) is 6.07 Å². The van der Waals surface area contributed by atoms with Gasteiger partial charge in [-0.15, -0.1) is 11.8 Å². The molecule has 1 aliphatic carbocycles. The predicted octanol–water partition coefficient (Wildman–Crippen LogP) is 8.08. The van der Waals surface area contributed by atoms with Crippen LogP contribution in [-0.2, 0) is 0 Å². The zero-order valence-corrected chi connectivity index (χ0v) is 21.1. The standard InChI is InChI=1S/C24H16F2IN3OS2/c1-14-10-18(17-6-9-30(33-27)23(17)29-14)19-12-16(32-24(13-28)7-8-24)3-5-21(19)31-22-4-2-15(25)11-20(22)26/h2-6,9-12H,7-8H2,1H3. The minimum absolute atomic E-state index is 0.0591. The highest BCUT2D eigenvalue weighted by molar-refractivity contribution is 14.2. The van der Waals surface area contributed by atoms with E-state index in [4.69, 9.17) is 4.74 Å². The zero-order valence-electron chi connectivity index (χ0n) is 17.3. The van der Waals surface area contributed by atoms with E-state index in [2.05, 4.69) is 32.3 Å².